The number of anilines is 1. The summed E-state index contributed by atoms with van der Waals surface area (Å²) in [7, 11) is 1.53. The van der Waals surface area contributed by atoms with Gasteiger partial charge in [0.25, 0.3) is 0 Å². The van der Waals surface area contributed by atoms with Crippen LogP contribution in [0.2, 0.25) is 0 Å². The zero-order chi connectivity index (χ0) is 23.6. The zero-order valence-electron chi connectivity index (χ0n) is 19.1. The third-order valence-corrected chi connectivity index (χ3v) is 7.17. The summed E-state index contributed by atoms with van der Waals surface area (Å²) in [5, 5.41) is 12.8. The van der Waals surface area contributed by atoms with E-state index >= 15 is 4.39 Å². The summed E-state index contributed by atoms with van der Waals surface area (Å²) >= 11 is 0. The maximum absolute atomic E-state index is 15.0. The fraction of sp³-hybridized carbons (Fsp3) is 0.560. The van der Waals surface area contributed by atoms with Crippen molar-refractivity contribution in [1.82, 2.24) is 9.97 Å². The summed E-state index contributed by atoms with van der Waals surface area (Å²) in [6.07, 6.45) is 8.19. The predicted molar refractivity (Wildman–Crippen MR) is 121 cm³/mol. The summed E-state index contributed by atoms with van der Waals surface area (Å²) in [4.78, 5) is 19.8. The van der Waals surface area contributed by atoms with Gasteiger partial charge < -0.3 is 15.2 Å². The SMILES string of the molecule is COc1cc([C@H]2CC[C@H](CNc3cc([C@H](C4CC4)C(C)(F)C(=O)O)ccn3)CC2)c(F)cn1. The first-order valence-corrected chi connectivity index (χ1v) is 11.6. The van der Waals surface area contributed by atoms with E-state index < -0.39 is 17.6 Å². The molecule has 178 valence electrons. The van der Waals surface area contributed by atoms with Gasteiger partial charge in [0.1, 0.15) is 11.6 Å². The van der Waals surface area contributed by atoms with Crippen LogP contribution in [0, 0.1) is 17.7 Å². The van der Waals surface area contributed by atoms with Gasteiger partial charge in [0.2, 0.25) is 11.5 Å². The second-order valence-corrected chi connectivity index (χ2v) is 9.52. The van der Waals surface area contributed by atoms with Crippen LogP contribution in [0.4, 0.5) is 14.6 Å². The van der Waals surface area contributed by atoms with Crippen LogP contribution in [-0.2, 0) is 4.79 Å². The minimum Gasteiger partial charge on any atom is -0.481 e. The fourth-order valence-corrected chi connectivity index (χ4v) is 5.11. The summed E-state index contributed by atoms with van der Waals surface area (Å²) in [5.41, 5.74) is -0.974. The molecule has 0 aromatic carbocycles. The van der Waals surface area contributed by atoms with Crippen LogP contribution < -0.4 is 10.1 Å². The van der Waals surface area contributed by atoms with Crippen molar-refractivity contribution in [3.05, 3.63) is 47.5 Å². The number of carboxylic acids is 1. The van der Waals surface area contributed by atoms with E-state index in [1.807, 2.05) is 0 Å². The molecule has 2 aliphatic carbocycles. The first-order valence-electron chi connectivity index (χ1n) is 11.6. The van der Waals surface area contributed by atoms with Crippen molar-refractivity contribution in [2.75, 3.05) is 19.0 Å². The number of alkyl halides is 1. The van der Waals surface area contributed by atoms with Crippen LogP contribution in [0.25, 0.3) is 0 Å². The van der Waals surface area contributed by atoms with E-state index in [-0.39, 0.29) is 17.7 Å². The Morgan fingerprint density at radius 3 is 2.61 bits per heavy atom. The van der Waals surface area contributed by atoms with Crippen LogP contribution in [0.5, 0.6) is 5.88 Å². The average Bonchev–Trinajstić information content (AvgIpc) is 3.63. The van der Waals surface area contributed by atoms with Gasteiger partial charge in [-0.05, 0) is 86.5 Å². The minimum atomic E-state index is -2.32. The normalized spacial score (nSPS) is 23.4. The summed E-state index contributed by atoms with van der Waals surface area (Å²) in [5.74, 6) is -0.713. The lowest BCUT2D eigenvalue weighted by Crippen LogP contribution is -2.38. The Hall–Kier alpha value is -2.77. The average molecular weight is 460 g/mol. The van der Waals surface area contributed by atoms with Crippen molar-refractivity contribution in [3.63, 3.8) is 0 Å². The molecule has 0 amide bonds. The van der Waals surface area contributed by atoms with Crippen molar-refractivity contribution >= 4 is 11.8 Å². The Bertz CT molecular complexity index is 989. The second-order valence-electron chi connectivity index (χ2n) is 9.52. The molecule has 6 nitrogen and oxygen atoms in total. The first kappa shape index (κ1) is 23.4. The third-order valence-electron chi connectivity index (χ3n) is 7.17. The zero-order valence-corrected chi connectivity index (χ0v) is 19.1. The molecular weight excluding hydrogens is 428 g/mol. The molecule has 2 saturated carbocycles. The number of nitrogens with one attached hydrogen (secondary N) is 1. The van der Waals surface area contributed by atoms with Gasteiger partial charge in [-0.15, -0.1) is 0 Å². The maximum Gasteiger partial charge on any atom is 0.341 e. The number of nitrogens with zero attached hydrogens (tertiary/aromatic N) is 2. The van der Waals surface area contributed by atoms with Gasteiger partial charge in [0, 0.05) is 24.7 Å². The number of pyridine rings is 2. The molecule has 4 rings (SSSR count). The Morgan fingerprint density at radius 2 is 1.97 bits per heavy atom. The van der Waals surface area contributed by atoms with Crippen LogP contribution in [0.1, 0.15) is 68.4 Å². The predicted octanol–water partition coefficient (Wildman–Crippen LogP) is 5.32. The lowest BCUT2D eigenvalue weighted by molar-refractivity contribution is -0.151. The minimum absolute atomic E-state index is 0.0498. The van der Waals surface area contributed by atoms with Gasteiger partial charge in [0.05, 0.1) is 13.3 Å². The molecule has 2 N–H and O–H groups in total. The number of ether oxygens (including phenoxy) is 1. The van der Waals surface area contributed by atoms with Crippen molar-refractivity contribution in [2.45, 2.75) is 63.0 Å². The van der Waals surface area contributed by atoms with E-state index in [0.29, 0.717) is 35.3 Å². The van der Waals surface area contributed by atoms with Gasteiger partial charge in [-0.2, -0.15) is 0 Å². The molecule has 2 aromatic rings. The van der Waals surface area contributed by atoms with Gasteiger partial charge in [-0.3, -0.25) is 0 Å². The molecule has 1 unspecified atom stereocenters. The van der Waals surface area contributed by atoms with E-state index in [9.17, 15) is 14.3 Å². The molecule has 0 spiro atoms. The molecule has 2 aromatic heterocycles. The molecule has 8 heteroatoms. The summed E-state index contributed by atoms with van der Waals surface area (Å²) in [6.45, 7) is 1.87. The molecule has 2 fully saturated rings. The van der Waals surface area contributed by atoms with Crippen LogP contribution in [0.15, 0.2) is 30.6 Å². The second kappa shape index (κ2) is 9.61. The van der Waals surface area contributed by atoms with Crippen LogP contribution in [0.3, 0.4) is 0 Å². The highest BCUT2D eigenvalue weighted by molar-refractivity contribution is 5.78. The standard InChI is InChI=1S/C25H31F2N3O3/c1-25(27,24(31)32)23(17-7-8-17)18-9-10-28-21(11-18)29-13-15-3-5-16(6-4-15)19-12-22(33-2)30-14-20(19)26/h9-12,14-17,23H,3-8,13H2,1-2H3,(H,28,29)(H,31,32)/t15-,16-,23-,25?/m0/s1. The van der Waals surface area contributed by atoms with Crippen LogP contribution >= 0.6 is 0 Å². The first-order chi connectivity index (χ1) is 15.8. The number of rotatable bonds is 9. The van der Waals surface area contributed by atoms with E-state index in [1.165, 1.54) is 13.3 Å². The number of carboxylic acid groups (broad SMARTS) is 1. The van der Waals surface area contributed by atoms with Crippen molar-refractivity contribution < 1.29 is 23.4 Å². The molecular formula is C25H31F2N3O3. The maximum atomic E-state index is 15.0. The number of methoxy groups -OCH3 is 1. The number of aromatic nitrogens is 2. The molecule has 33 heavy (non-hydrogen) atoms. The van der Waals surface area contributed by atoms with E-state index in [4.69, 9.17) is 4.74 Å². The topological polar surface area (TPSA) is 84.3 Å². The van der Waals surface area contributed by atoms with Crippen molar-refractivity contribution in [1.29, 1.82) is 0 Å². The fourth-order valence-electron chi connectivity index (χ4n) is 5.11. The third kappa shape index (κ3) is 5.25. The molecule has 2 heterocycles. The number of hydrogen-bond donors (Lipinski definition) is 2. The highest BCUT2D eigenvalue weighted by Gasteiger charge is 2.50. The van der Waals surface area contributed by atoms with Crippen molar-refractivity contribution in [3.8, 4) is 5.88 Å². The number of hydrogen-bond acceptors (Lipinski definition) is 5. The Balaban J connectivity index is 1.36. The number of halogens is 2. The smallest absolute Gasteiger partial charge is 0.341 e. The lowest BCUT2D eigenvalue weighted by atomic mass is 9.78. The van der Waals surface area contributed by atoms with Crippen molar-refractivity contribution in [2.24, 2.45) is 11.8 Å². The molecule has 0 aliphatic heterocycles. The van der Waals surface area contributed by atoms with Gasteiger partial charge in [0.15, 0.2) is 0 Å². The van der Waals surface area contributed by atoms with Gasteiger partial charge in [-0.1, -0.05) is 0 Å². The summed E-state index contributed by atoms with van der Waals surface area (Å²) < 4.78 is 34.4. The highest BCUT2D eigenvalue weighted by Crippen LogP contribution is 2.50. The molecule has 2 atom stereocenters. The number of aliphatic carboxylic acids is 1. The molecule has 0 bridgehead atoms. The highest BCUT2D eigenvalue weighted by atomic mass is 19.1. The Labute approximate surface area is 192 Å². The van der Waals surface area contributed by atoms with Gasteiger partial charge in [-0.25, -0.2) is 23.5 Å². The number of carbonyl (C=O) groups is 1. The largest absolute Gasteiger partial charge is 0.481 e. The van der Waals surface area contributed by atoms with Gasteiger partial charge >= 0.3 is 5.97 Å². The van der Waals surface area contributed by atoms with E-state index in [0.717, 1.165) is 45.4 Å². The Morgan fingerprint density at radius 1 is 1.24 bits per heavy atom. The lowest BCUT2D eigenvalue weighted by Gasteiger charge is -2.29. The molecule has 0 radical (unpaired) electrons. The molecule has 0 saturated heterocycles. The van der Waals surface area contributed by atoms with E-state index in [1.54, 1.807) is 24.4 Å². The quantitative estimate of drug-likeness (QED) is 0.528. The Kier molecular flexibility index (Phi) is 6.81. The summed E-state index contributed by atoms with van der Waals surface area (Å²) in [6, 6.07) is 5.20. The monoisotopic (exact) mass is 459 g/mol. The van der Waals surface area contributed by atoms with E-state index in [2.05, 4.69) is 15.3 Å². The van der Waals surface area contributed by atoms with Crippen LogP contribution in [-0.4, -0.2) is 40.4 Å². The molecule has 2 aliphatic rings.